The van der Waals surface area contributed by atoms with Crippen molar-refractivity contribution in [2.24, 2.45) is 5.41 Å². The SMILES string of the molecule is CCOc1ccc(C(=O)N2CCC3(CC2)CCN(C(=O)c2ccc(OC)nc2OC)C3)cc1. The van der Waals surface area contributed by atoms with Crippen LogP contribution in [0.4, 0.5) is 0 Å². The number of benzene rings is 1. The Hall–Kier alpha value is -3.29. The summed E-state index contributed by atoms with van der Waals surface area (Å²) >= 11 is 0. The largest absolute Gasteiger partial charge is 0.494 e. The van der Waals surface area contributed by atoms with Gasteiger partial charge in [-0.15, -0.1) is 0 Å². The molecule has 4 rings (SSSR count). The number of ether oxygens (including phenoxy) is 3. The maximum absolute atomic E-state index is 13.2. The first-order valence-corrected chi connectivity index (χ1v) is 11.4. The summed E-state index contributed by atoms with van der Waals surface area (Å²) in [5.74, 6) is 1.42. The Bertz CT molecular complexity index is 1000. The number of aromatic nitrogens is 1. The number of likely N-dealkylation sites (tertiary alicyclic amines) is 2. The summed E-state index contributed by atoms with van der Waals surface area (Å²) in [4.78, 5) is 34.2. The number of piperidine rings is 1. The third-order valence-electron chi connectivity index (χ3n) is 6.72. The molecule has 0 unspecified atom stereocenters. The van der Waals surface area contributed by atoms with Crippen LogP contribution in [0.2, 0.25) is 0 Å². The average Bonchev–Trinajstić information content (AvgIpc) is 3.27. The zero-order valence-corrected chi connectivity index (χ0v) is 19.5. The molecule has 0 aliphatic carbocycles. The number of nitrogens with zero attached hydrogens (tertiary/aromatic N) is 3. The van der Waals surface area contributed by atoms with E-state index in [1.807, 2.05) is 41.0 Å². The van der Waals surface area contributed by atoms with Gasteiger partial charge in [0.25, 0.3) is 11.8 Å². The number of methoxy groups -OCH3 is 2. The highest BCUT2D eigenvalue weighted by Gasteiger charge is 2.43. The van der Waals surface area contributed by atoms with E-state index in [9.17, 15) is 9.59 Å². The Labute approximate surface area is 194 Å². The highest BCUT2D eigenvalue weighted by atomic mass is 16.5. The van der Waals surface area contributed by atoms with Crippen LogP contribution in [0.15, 0.2) is 36.4 Å². The molecule has 1 aromatic carbocycles. The minimum atomic E-state index is -0.0771. The molecule has 0 radical (unpaired) electrons. The lowest BCUT2D eigenvalue weighted by molar-refractivity contribution is 0.0564. The maximum Gasteiger partial charge on any atom is 0.259 e. The molecule has 0 bridgehead atoms. The molecule has 0 saturated carbocycles. The van der Waals surface area contributed by atoms with Crippen molar-refractivity contribution in [2.75, 3.05) is 47.0 Å². The van der Waals surface area contributed by atoms with Crippen molar-refractivity contribution >= 4 is 11.8 Å². The predicted octanol–water partition coefficient (Wildman–Crippen LogP) is 3.27. The Morgan fingerprint density at radius 1 is 0.909 bits per heavy atom. The molecule has 8 nitrogen and oxygen atoms in total. The van der Waals surface area contributed by atoms with Crippen LogP contribution >= 0.6 is 0 Å². The Morgan fingerprint density at radius 2 is 1.58 bits per heavy atom. The van der Waals surface area contributed by atoms with Gasteiger partial charge < -0.3 is 24.0 Å². The number of hydrogen-bond acceptors (Lipinski definition) is 6. The molecule has 2 aromatic rings. The second-order valence-electron chi connectivity index (χ2n) is 8.64. The van der Waals surface area contributed by atoms with Crippen molar-refractivity contribution in [3.8, 4) is 17.5 Å². The van der Waals surface area contributed by atoms with Gasteiger partial charge in [-0.2, -0.15) is 4.98 Å². The monoisotopic (exact) mass is 453 g/mol. The number of pyridine rings is 1. The summed E-state index contributed by atoms with van der Waals surface area (Å²) in [5, 5.41) is 0. The van der Waals surface area contributed by atoms with Crippen LogP contribution in [-0.2, 0) is 0 Å². The zero-order valence-electron chi connectivity index (χ0n) is 19.5. The molecule has 2 amide bonds. The highest BCUT2D eigenvalue weighted by Crippen LogP contribution is 2.41. The van der Waals surface area contributed by atoms with Gasteiger partial charge in [0.2, 0.25) is 11.8 Å². The summed E-state index contributed by atoms with van der Waals surface area (Å²) in [6.45, 7) is 5.31. The molecular formula is C25H31N3O5. The van der Waals surface area contributed by atoms with E-state index >= 15 is 0 Å². The Morgan fingerprint density at radius 3 is 2.18 bits per heavy atom. The van der Waals surface area contributed by atoms with Crippen molar-refractivity contribution in [3.63, 3.8) is 0 Å². The third kappa shape index (κ3) is 4.74. The van der Waals surface area contributed by atoms with E-state index in [2.05, 4.69) is 4.98 Å². The van der Waals surface area contributed by atoms with E-state index in [-0.39, 0.29) is 23.1 Å². The van der Waals surface area contributed by atoms with Crippen molar-refractivity contribution in [1.82, 2.24) is 14.8 Å². The summed E-state index contributed by atoms with van der Waals surface area (Å²) in [7, 11) is 3.03. The molecule has 0 N–H and O–H groups in total. The van der Waals surface area contributed by atoms with Crippen molar-refractivity contribution in [3.05, 3.63) is 47.5 Å². The second kappa shape index (κ2) is 9.68. The number of amides is 2. The average molecular weight is 454 g/mol. The van der Waals surface area contributed by atoms with Gasteiger partial charge in [-0.25, -0.2) is 0 Å². The van der Waals surface area contributed by atoms with E-state index in [4.69, 9.17) is 14.2 Å². The quantitative estimate of drug-likeness (QED) is 0.668. The van der Waals surface area contributed by atoms with E-state index < -0.39 is 0 Å². The molecule has 3 heterocycles. The first-order chi connectivity index (χ1) is 16.0. The summed E-state index contributed by atoms with van der Waals surface area (Å²) < 4.78 is 15.9. The molecule has 0 atom stereocenters. The van der Waals surface area contributed by atoms with Crippen LogP contribution in [0.1, 0.15) is 46.9 Å². The van der Waals surface area contributed by atoms with Gasteiger partial charge in [0.05, 0.1) is 20.8 Å². The highest BCUT2D eigenvalue weighted by molar-refractivity contribution is 5.97. The Balaban J connectivity index is 1.37. The fourth-order valence-electron chi connectivity index (χ4n) is 4.77. The molecule has 2 aliphatic rings. The summed E-state index contributed by atoms with van der Waals surface area (Å²) in [6.07, 6.45) is 2.71. The summed E-state index contributed by atoms with van der Waals surface area (Å²) in [5.41, 5.74) is 1.17. The number of hydrogen-bond donors (Lipinski definition) is 0. The van der Waals surface area contributed by atoms with Gasteiger partial charge in [0.1, 0.15) is 11.3 Å². The van der Waals surface area contributed by atoms with Crippen LogP contribution in [0.3, 0.4) is 0 Å². The molecule has 2 fully saturated rings. The van der Waals surface area contributed by atoms with Gasteiger partial charge in [-0.1, -0.05) is 0 Å². The number of rotatable bonds is 6. The molecule has 176 valence electrons. The van der Waals surface area contributed by atoms with Crippen molar-refractivity contribution in [2.45, 2.75) is 26.2 Å². The van der Waals surface area contributed by atoms with Crippen LogP contribution in [0.5, 0.6) is 17.5 Å². The van der Waals surface area contributed by atoms with E-state index in [0.29, 0.717) is 49.8 Å². The molecule has 2 saturated heterocycles. The lowest BCUT2D eigenvalue weighted by Crippen LogP contribution is -2.44. The van der Waals surface area contributed by atoms with Crippen LogP contribution in [0, 0.1) is 5.41 Å². The first-order valence-electron chi connectivity index (χ1n) is 11.4. The lowest BCUT2D eigenvalue weighted by Gasteiger charge is -2.39. The standard InChI is InChI=1S/C25H31N3O5/c1-4-33-19-7-5-18(6-8-19)23(29)27-14-11-25(12-15-27)13-16-28(17-25)24(30)20-9-10-21(31-2)26-22(20)32-3/h5-10H,4,11-17H2,1-3H3. The molecule has 2 aliphatic heterocycles. The van der Waals surface area contributed by atoms with Gasteiger partial charge in [0, 0.05) is 37.8 Å². The normalized spacial score (nSPS) is 17.2. The minimum Gasteiger partial charge on any atom is -0.494 e. The van der Waals surface area contributed by atoms with Crippen molar-refractivity contribution in [1.29, 1.82) is 0 Å². The van der Waals surface area contributed by atoms with Gasteiger partial charge in [0.15, 0.2) is 0 Å². The molecule has 1 aromatic heterocycles. The van der Waals surface area contributed by atoms with E-state index in [1.165, 1.54) is 14.2 Å². The van der Waals surface area contributed by atoms with E-state index in [1.54, 1.807) is 12.1 Å². The van der Waals surface area contributed by atoms with Gasteiger partial charge >= 0.3 is 0 Å². The smallest absolute Gasteiger partial charge is 0.259 e. The first kappa shape index (κ1) is 22.9. The maximum atomic E-state index is 13.2. The molecule has 8 heteroatoms. The third-order valence-corrected chi connectivity index (χ3v) is 6.72. The van der Waals surface area contributed by atoms with Crippen LogP contribution in [-0.4, -0.2) is 73.6 Å². The number of carbonyl (C=O) groups excluding carboxylic acids is 2. The molecule has 1 spiro atoms. The topological polar surface area (TPSA) is 81.2 Å². The Kier molecular flexibility index (Phi) is 6.72. The van der Waals surface area contributed by atoms with Gasteiger partial charge in [-0.3, -0.25) is 9.59 Å². The zero-order chi connectivity index (χ0) is 23.4. The molecular weight excluding hydrogens is 422 g/mol. The van der Waals surface area contributed by atoms with Crippen LogP contribution < -0.4 is 14.2 Å². The van der Waals surface area contributed by atoms with Crippen LogP contribution in [0.25, 0.3) is 0 Å². The predicted molar refractivity (Wildman–Crippen MR) is 123 cm³/mol. The van der Waals surface area contributed by atoms with Gasteiger partial charge in [-0.05, 0) is 61.9 Å². The van der Waals surface area contributed by atoms with E-state index in [0.717, 1.165) is 25.0 Å². The fourth-order valence-corrected chi connectivity index (χ4v) is 4.77. The van der Waals surface area contributed by atoms with Crippen molar-refractivity contribution < 1.29 is 23.8 Å². The second-order valence-corrected chi connectivity index (χ2v) is 8.64. The number of carbonyl (C=O) groups is 2. The summed E-state index contributed by atoms with van der Waals surface area (Å²) in [6, 6.07) is 10.7. The lowest BCUT2D eigenvalue weighted by atomic mass is 9.77. The fraction of sp³-hybridized carbons (Fsp3) is 0.480. The molecule has 33 heavy (non-hydrogen) atoms. The minimum absolute atomic E-state index is 0.0490.